The molecule has 0 aliphatic carbocycles. The van der Waals surface area contributed by atoms with Crippen molar-refractivity contribution in [3.05, 3.63) is 53.1 Å². The molecule has 0 bridgehead atoms. The molecule has 0 saturated heterocycles. The van der Waals surface area contributed by atoms with E-state index in [1.54, 1.807) is 50.4 Å². The number of sulfonamides is 1. The zero-order chi connectivity index (χ0) is 24.1. The van der Waals surface area contributed by atoms with Gasteiger partial charge in [-0.25, -0.2) is 8.42 Å². The van der Waals surface area contributed by atoms with Crippen LogP contribution in [0.4, 0.5) is 0 Å². The Morgan fingerprint density at radius 2 is 1.59 bits per heavy atom. The van der Waals surface area contributed by atoms with E-state index >= 15 is 0 Å². The van der Waals surface area contributed by atoms with Crippen LogP contribution in [0.15, 0.2) is 41.3 Å². The number of hydrogen-bond donors (Lipinski definition) is 1. The predicted octanol–water partition coefficient (Wildman–Crippen LogP) is 3.67. The van der Waals surface area contributed by atoms with Crippen LogP contribution in [0.3, 0.4) is 0 Å². The van der Waals surface area contributed by atoms with Gasteiger partial charge in [0.05, 0.1) is 19.1 Å². The Bertz CT molecular complexity index is 1030. The van der Waals surface area contributed by atoms with Crippen molar-refractivity contribution < 1.29 is 22.7 Å². The predicted molar refractivity (Wildman–Crippen MR) is 126 cm³/mol. The summed E-state index contributed by atoms with van der Waals surface area (Å²) in [6, 6.07) is 9.40. The van der Waals surface area contributed by atoms with Crippen LogP contribution in [0.1, 0.15) is 37.0 Å². The molecule has 0 fully saturated rings. The molecule has 0 spiro atoms. The highest BCUT2D eigenvalue weighted by molar-refractivity contribution is 7.89. The van der Waals surface area contributed by atoms with E-state index < -0.39 is 16.1 Å². The summed E-state index contributed by atoms with van der Waals surface area (Å²) in [5, 5.41) is 0. The van der Waals surface area contributed by atoms with Crippen LogP contribution >= 0.6 is 0 Å². The number of ether oxygens (including phenoxy) is 2. The zero-order valence-electron chi connectivity index (χ0n) is 19.9. The van der Waals surface area contributed by atoms with Crippen molar-refractivity contribution in [2.24, 2.45) is 5.92 Å². The number of carbonyl (C=O) groups is 1. The van der Waals surface area contributed by atoms with Crippen LogP contribution in [-0.2, 0) is 21.4 Å². The normalized spacial score (nSPS) is 12.5. The SMILES string of the molecule is COc1cc(C)c(CN(C)C(=O)[C@H](CC(C)C)NS(=O)(=O)c2ccc(C)cc2)cc1OC. The molecule has 0 saturated carbocycles. The monoisotopic (exact) mass is 462 g/mol. The molecular formula is C24H34N2O5S. The van der Waals surface area contributed by atoms with Gasteiger partial charge in [0.1, 0.15) is 6.04 Å². The summed E-state index contributed by atoms with van der Waals surface area (Å²) in [5.41, 5.74) is 2.80. The van der Waals surface area contributed by atoms with Gasteiger partial charge in [-0.15, -0.1) is 0 Å². The summed E-state index contributed by atoms with van der Waals surface area (Å²) in [6.45, 7) is 8.05. The Morgan fingerprint density at radius 1 is 1.03 bits per heavy atom. The van der Waals surface area contributed by atoms with Gasteiger partial charge in [-0.2, -0.15) is 4.72 Å². The lowest BCUT2D eigenvalue weighted by atomic mass is 10.0. The number of hydrogen-bond acceptors (Lipinski definition) is 5. The molecule has 0 unspecified atom stereocenters. The molecule has 7 nitrogen and oxygen atoms in total. The minimum atomic E-state index is -3.84. The first-order valence-electron chi connectivity index (χ1n) is 10.5. The molecule has 1 atom stereocenters. The number of rotatable bonds is 10. The molecule has 2 aromatic carbocycles. The molecular weight excluding hydrogens is 428 g/mol. The average molecular weight is 463 g/mol. The second kappa shape index (κ2) is 10.8. The van der Waals surface area contributed by atoms with Gasteiger partial charge in [0, 0.05) is 13.6 Å². The summed E-state index contributed by atoms with van der Waals surface area (Å²) in [4.78, 5) is 15.0. The zero-order valence-corrected chi connectivity index (χ0v) is 20.7. The fourth-order valence-corrected chi connectivity index (χ4v) is 4.64. The van der Waals surface area contributed by atoms with Crippen molar-refractivity contribution >= 4 is 15.9 Å². The minimum absolute atomic E-state index is 0.126. The first-order chi connectivity index (χ1) is 15.0. The molecule has 32 heavy (non-hydrogen) atoms. The van der Waals surface area contributed by atoms with E-state index in [0.29, 0.717) is 24.5 Å². The number of amides is 1. The molecule has 1 amide bonds. The number of carbonyl (C=O) groups excluding carboxylic acids is 1. The Hall–Kier alpha value is -2.58. The molecule has 0 aromatic heterocycles. The Morgan fingerprint density at radius 3 is 2.12 bits per heavy atom. The van der Waals surface area contributed by atoms with Crippen LogP contribution in [0, 0.1) is 19.8 Å². The molecule has 0 radical (unpaired) electrons. The fraction of sp³-hybridized carbons (Fsp3) is 0.458. The van der Waals surface area contributed by atoms with E-state index in [2.05, 4.69) is 4.72 Å². The van der Waals surface area contributed by atoms with Gasteiger partial charge in [-0.05, 0) is 61.6 Å². The summed E-state index contributed by atoms with van der Waals surface area (Å²) < 4.78 is 39.2. The maximum atomic E-state index is 13.3. The molecule has 8 heteroatoms. The Balaban J connectivity index is 2.26. The van der Waals surface area contributed by atoms with Crippen molar-refractivity contribution in [2.75, 3.05) is 21.3 Å². The van der Waals surface area contributed by atoms with Gasteiger partial charge < -0.3 is 14.4 Å². The second-order valence-electron chi connectivity index (χ2n) is 8.44. The Kier molecular flexibility index (Phi) is 8.69. The first-order valence-corrected chi connectivity index (χ1v) is 12.0. The second-order valence-corrected chi connectivity index (χ2v) is 10.2. The molecule has 2 rings (SSSR count). The minimum Gasteiger partial charge on any atom is -0.493 e. The lowest BCUT2D eigenvalue weighted by molar-refractivity contribution is -0.132. The summed E-state index contributed by atoms with van der Waals surface area (Å²) in [7, 11) is 0.970. The highest BCUT2D eigenvalue weighted by Crippen LogP contribution is 2.31. The quantitative estimate of drug-likeness (QED) is 0.582. The number of benzene rings is 2. The van der Waals surface area contributed by atoms with E-state index in [-0.39, 0.29) is 16.7 Å². The van der Waals surface area contributed by atoms with E-state index in [4.69, 9.17) is 9.47 Å². The number of likely N-dealkylation sites (N-methyl/N-ethyl adjacent to an activating group) is 1. The molecule has 176 valence electrons. The standard InChI is InChI=1S/C24H34N2O5S/c1-16(2)12-21(25-32(28,29)20-10-8-17(3)9-11-20)24(27)26(5)15-19-14-23(31-7)22(30-6)13-18(19)4/h8-11,13-14,16,21,25H,12,15H2,1-7H3/t21-/m0/s1. The first kappa shape index (κ1) is 25.7. The number of nitrogens with one attached hydrogen (secondary N) is 1. The highest BCUT2D eigenvalue weighted by Gasteiger charge is 2.29. The number of nitrogens with zero attached hydrogens (tertiary/aromatic N) is 1. The van der Waals surface area contributed by atoms with E-state index in [1.165, 1.54) is 0 Å². The average Bonchev–Trinajstić information content (AvgIpc) is 2.73. The van der Waals surface area contributed by atoms with Gasteiger partial charge in [0.2, 0.25) is 15.9 Å². The Labute approximate surface area is 191 Å². The van der Waals surface area contributed by atoms with Gasteiger partial charge in [0.25, 0.3) is 0 Å². The fourth-order valence-electron chi connectivity index (χ4n) is 3.44. The van der Waals surface area contributed by atoms with Crippen LogP contribution in [0.2, 0.25) is 0 Å². The lowest BCUT2D eigenvalue weighted by Gasteiger charge is -2.26. The third kappa shape index (κ3) is 6.46. The van der Waals surface area contributed by atoms with Gasteiger partial charge >= 0.3 is 0 Å². The lowest BCUT2D eigenvalue weighted by Crippen LogP contribution is -2.47. The maximum absolute atomic E-state index is 13.3. The van der Waals surface area contributed by atoms with Gasteiger partial charge in [-0.1, -0.05) is 31.5 Å². The van der Waals surface area contributed by atoms with Crippen molar-refractivity contribution in [3.63, 3.8) is 0 Å². The van der Waals surface area contributed by atoms with Crippen molar-refractivity contribution in [3.8, 4) is 11.5 Å². The molecule has 0 aliphatic heterocycles. The maximum Gasteiger partial charge on any atom is 0.241 e. The summed E-state index contributed by atoms with van der Waals surface area (Å²) in [6.07, 6.45) is 0.388. The number of aryl methyl sites for hydroxylation is 2. The van der Waals surface area contributed by atoms with Crippen LogP contribution in [0.25, 0.3) is 0 Å². The molecule has 1 N–H and O–H groups in total. The van der Waals surface area contributed by atoms with E-state index in [0.717, 1.165) is 16.7 Å². The topological polar surface area (TPSA) is 84.9 Å². The van der Waals surface area contributed by atoms with Crippen molar-refractivity contribution in [2.45, 2.75) is 51.6 Å². The third-order valence-corrected chi connectivity index (χ3v) is 6.75. The highest BCUT2D eigenvalue weighted by atomic mass is 32.2. The van der Waals surface area contributed by atoms with Gasteiger partial charge in [0.15, 0.2) is 11.5 Å². The molecule has 2 aromatic rings. The van der Waals surface area contributed by atoms with Crippen LogP contribution in [0.5, 0.6) is 11.5 Å². The third-order valence-electron chi connectivity index (χ3n) is 5.26. The number of methoxy groups -OCH3 is 2. The van der Waals surface area contributed by atoms with Crippen molar-refractivity contribution in [1.29, 1.82) is 0 Å². The van der Waals surface area contributed by atoms with Gasteiger partial charge in [-0.3, -0.25) is 4.79 Å². The molecule has 0 aliphatic rings. The largest absolute Gasteiger partial charge is 0.493 e. The smallest absolute Gasteiger partial charge is 0.241 e. The van der Waals surface area contributed by atoms with Crippen LogP contribution < -0.4 is 14.2 Å². The molecule has 0 heterocycles. The van der Waals surface area contributed by atoms with Crippen molar-refractivity contribution in [1.82, 2.24) is 9.62 Å². The summed E-state index contributed by atoms with van der Waals surface area (Å²) >= 11 is 0. The summed E-state index contributed by atoms with van der Waals surface area (Å²) in [5.74, 6) is 1.03. The van der Waals surface area contributed by atoms with E-state index in [9.17, 15) is 13.2 Å². The van der Waals surface area contributed by atoms with Crippen LogP contribution in [-0.4, -0.2) is 46.5 Å². The van der Waals surface area contributed by atoms with E-state index in [1.807, 2.05) is 39.8 Å².